The van der Waals surface area contributed by atoms with Crippen LogP contribution in [0.15, 0.2) is 60.7 Å². The zero-order valence-corrected chi connectivity index (χ0v) is 20.6. The summed E-state index contributed by atoms with van der Waals surface area (Å²) in [6.45, 7) is 4.94. The molecule has 0 heterocycles. The van der Waals surface area contributed by atoms with Crippen LogP contribution in [-0.4, -0.2) is 50.5 Å². The van der Waals surface area contributed by atoms with Crippen LogP contribution in [0.1, 0.15) is 45.1 Å². The first-order chi connectivity index (χ1) is 15.8. The number of hydrogen-bond acceptors (Lipinski definition) is 4. The molecule has 0 spiro atoms. The van der Waals surface area contributed by atoms with Crippen LogP contribution in [0.3, 0.4) is 0 Å². The Labute approximate surface area is 197 Å². The fourth-order valence-corrected chi connectivity index (χ4v) is 4.63. The van der Waals surface area contributed by atoms with Crippen molar-refractivity contribution in [3.05, 3.63) is 66.2 Å². The molecule has 0 aliphatic heterocycles. The van der Waals surface area contributed by atoms with Gasteiger partial charge in [-0.15, -0.1) is 0 Å². The lowest BCUT2D eigenvalue weighted by Gasteiger charge is -2.31. The van der Waals surface area contributed by atoms with Crippen molar-refractivity contribution in [2.75, 3.05) is 23.7 Å². The third-order valence-electron chi connectivity index (χ3n) is 5.33. The lowest BCUT2D eigenvalue weighted by Crippen LogP contribution is -2.49. The van der Waals surface area contributed by atoms with Gasteiger partial charge >= 0.3 is 0 Å². The number of anilines is 1. The van der Waals surface area contributed by atoms with Crippen LogP contribution in [0.2, 0.25) is 0 Å². The number of hydrogen-bond donors (Lipinski definition) is 1. The summed E-state index contributed by atoms with van der Waals surface area (Å²) < 4.78 is 25.9. The average molecular weight is 474 g/mol. The normalized spacial score (nSPS) is 12.1. The maximum Gasteiger partial charge on any atom is 0.242 e. The van der Waals surface area contributed by atoms with Crippen LogP contribution in [0, 0.1) is 0 Å². The average Bonchev–Trinajstić information content (AvgIpc) is 2.80. The van der Waals surface area contributed by atoms with Gasteiger partial charge in [-0.05, 0) is 37.0 Å². The second-order valence-electron chi connectivity index (χ2n) is 8.00. The van der Waals surface area contributed by atoms with E-state index in [1.54, 1.807) is 29.2 Å². The van der Waals surface area contributed by atoms with Crippen LogP contribution in [0.5, 0.6) is 0 Å². The van der Waals surface area contributed by atoms with E-state index < -0.39 is 16.1 Å². The molecule has 180 valence electrons. The predicted molar refractivity (Wildman–Crippen MR) is 132 cm³/mol. The first-order valence-electron chi connectivity index (χ1n) is 11.4. The highest BCUT2D eigenvalue weighted by atomic mass is 32.2. The fraction of sp³-hybridized carbons (Fsp3) is 0.440. The maximum atomic E-state index is 13.3. The number of benzene rings is 2. The standard InChI is InChI=1S/C25H35N3O4S/c1-4-18-26-25(30)23(5-2)27(20-21-13-8-6-9-14-21)24(29)17-12-19-28(33(3,31)32)22-15-10-7-11-16-22/h6-11,13-16,23H,4-5,12,17-20H2,1-3H3,(H,26,30). The summed E-state index contributed by atoms with van der Waals surface area (Å²) in [5.41, 5.74) is 1.51. The first kappa shape index (κ1) is 26.4. The molecule has 2 amide bonds. The van der Waals surface area contributed by atoms with Crippen LogP contribution in [-0.2, 0) is 26.2 Å². The number of para-hydroxylation sites is 1. The molecule has 2 aromatic carbocycles. The van der Waals surface area contributed by atoms with Crippen molar-refractivity contribution in [2.24, 2.45) is 0 Å². The summed E-state index contributed by atoms with van der Waals surface area (Å²) in [6, 6.07) is 17.8. The van der Waals surface area contributed by atoms with Gasteiger partial charge in [0.1, 0.15) is 6.04 Å². The van der Waals surface area contributed by atoms with Crippen molar-refractivity contribution >= 4 is 27.5 Å². The molecular weight excluding hydrogens is 438 g/mol. The number of sulfonamides is 1. The van der Waals surface area contributed by atoms with E-state index in [4.69, 9.17) is 0 Å². The lowest BCUT2D eigenvalue weighted by atomic mass is 10.1. The molecular formula is C25H35N3O4S. The number of nitrogens with zero attached hydrogens (tertiary/aromatic N) is 2. The van der Waals surface area contributed by atoms with Crippen molar-refractivity contribution in [3.8, 4) is 0 Å². The smallest absolute Gasteiger partial charge is 0.242 e. The second-order valence-corrected chi connectivity index (χ2v) is 9.90. The number of nitrogens with one attached hydrogen (secondary N) is 1. The minimum Gasteiger partial charge on any atom is -0.354 e. The number of rotatable bonds is 13. The molecule has 33 heavy (non-hydrogen) atoms. The Morgan fingerprint density at radius 2 is 1.58 bits per heavy atom. The monoisotopic (exact) mass is 473 g/mol. The van der Waals surface area contributed by atoms with Gasteiger partial charge in [0.2, 0.25) is 21.8 Å². The third-order valence-corrected chi connectivity index (χ3v) is 6.52. The van der Waals surface area contributed by atoms with Gasteiger partial charge < -0.3 is 10.2 Å². The van der Waals surface area contributed by atoms with Crippen LogP contribution in [0.25, 0.3) is 0 Å². The Hall–Kier alpha value is -2.87. The molecule has 1 N–H and O–H groups in total. The minimum atomic E-state index is -3.49. The molecule has 0 saturated heterocycles. The van der Waals surface area contributed by atoms with Gasteiger partial charge in [0.25, 0.3) is 0 Å². The quantitative estimate of drug-likeness (QED) is 0.482. The minimum absolute atomic E-state index is 0.142. The molecule has 0 radical (unpaired) electrons. The topological polar surface area (TPSA) is 86.8 Å². The summed E-state index contributed by atoms with van der Waals surface area (Å²) in [5.74, 6) is -0.329. The molecule has 2 rings (SSSR count). The van der Waals surface area contributed by atoms with Gasteiger partial charge in [-0.3, -0.25) is 13.9 Å². The molecule has 0 fully saturated rings. The molecule has 8 heteroatoms. The van der Waals surface area contributed by atoms with Crippen LogP contribution in [0.4, 0.5) is 5.69 Å². The van der Waals surface area contributed by atoms with Gasteiger partial charge in [0.05, 0.1) is 11.9 Å². The summed E-state index contributed by atoms with van der Waals surface area (Å²) in [4.78, 5) is 27.7. The van der Waals surface area contributed by atoms with Gasteiger partial charge in [0.15, 0.2) is 0 Å². The van der Waals surface area contributed by atoms with E-state index in [0.29, 0.717) is 31.6 Å². The van der Waals surface area contributed by atoms with Gasteiger partial charge in [-0.2, -0.15) is 0 Å². The van der Waals surface area contributed by atoms with E-state index in [-0.39, 0.29) is 24.8 Å². The first-order valence-corrected chi connectivity index (χ1v) is 13.3. The Morgan fingerprint density at radius 1 is 0.970 bits per heavy atom. The fourth-order valence-electron chi connectivity index (χ4n) is 3.66. The number of carbonyl (C=O) groups is 2. The van der Waals surface area contributed by atoms with Crippen molar-refractivity contribution in [2.45, 2.75) is 52.1 Å². The Bertz CT molecular complexity index is 981. The van der Waals surface area contributed by atoms with Gasteiger partial charge in [-0.1, -0.05) is 62.4 Å². The largest absolute Gasteiger partial charge is 0.354 e. The van der Waals surface area contributed by atoms with E-state index in [9.17, 15) is 18.0 Å². The van der Waals surface area contributed by atoms with Crippen LogP contribution >= 0.6 is 0 Å². The third kappa shape index (κ3) is 8.20. The molecule has 1 unspecified atom stereocenters. The molecule has 0 bridgehead atoms. The Kier molecular flexibility index (Phi) is 10.4. The van der Waals surface area contributed by atoms with Crippen molar-refractivity contribution in [1.29, 1.82) is 0 Å². The zero-order valence-electron chi connectivity index (χ0n) is 19.7. The van der Waals surface area contributed by atoms with Crippen LogP contribution < -0.4 is 9.62 Å². The van der Waals surface area contributed by atoms with E-state index in [0.717, 1.165) is 18.2 Å². The molecule has 2 aromatic rings. The number of amides is 2. The van der Waals surface area contributed by atoms with Crippen molar-refractivity contribution < 1.29 is 18.0 Å². The Balaban J connectivity index is 2.15. The highest BCUT2D eigenvalue weighted by Gasteiger charge is 2.28. The van der Waals surface area contributed by atoms with Crippen molar-refractivity contribution in [3.63, 3.8) is 0 Å². The molecule has 1 atom stereocenters. The predicted octanol–water partition coefficient (Wildman–Crippen LogP) is 3.57. The highest BCUT2D eigenvalue weighted by molar-refractivity contribution is 7.92. The molecule has 7 nitrogen and oxygen atoms in total. The molecule has 0 aliphatic carbocycles. The number of carbonyl (C=O) groups excluding carboxylic acids is 2. The van der Waals surface area contributed by atoms with E-state index in [2.05, 4.69) is 5.32 Å². The summed E-state index contributed by atoms with van der Waals surface area (Å²) in [6.07, 6.45) is 2.96. The van der Waals surface area contributed by atoms with Gasteiger partial charge in [0, 0.05) is 26.1 Å². The second kappa shape index (κ2) is 13.0. The maximum absolute atomic E-state index is 13.3. The molecule has 0 saturated carbocycles. The van der Waals surface area contributed by atoms with E-state index in [1.807, 2.05) is 50.2 Å². The summed E-state index contributed by atoms with van der Waals surface area (Å²) in [5, 5.41) is 2.90. The Morgan fingerprint density at radius 3 is 2.12 bits per heavy atom. The molecule has 0 aliphatic rings. The summed E-state index contributed by atoms with van der Waals surface area (Å²) in [7, 11) is -3.49. The lowest BCUT2D eigenvalue weighted by molar-refractivity contribution is -0.141. The zero-order chi connectivity index (χ0) is 24.3. The van der Waals surface area contributed by atoms with E-state index in [1.165, 1.54) is 4.31 Å². The van der Waals surface area contributed by atoms with E-state index >= 15 is 0 Å². The summed E-state index contributed by atoms with van der Waals surface area (Å²) >= 11 is 0. The molecule has 0 aromatic heterocycles. The SMILES string of the molecule is CCCNC(=O)C(CC)N(Cc1ccccc1)C(=O)CCCN(c1ccccc1)S(C)(=O)=O. The highest BCUT2D eigenvalue weighted by Crippen LogP contribution is 2.19. The van der Waals surface area contributed by atoms with Gasteiger partial charge in [-0.25, -0.2) is 8.42 Å². The van der Waals surface area contributed by atoms with Crippen molar-refractivity contribution in [1.82, 2.24) is 10.2 Å².